The third kappa shape index (κ3) is 3.07. The van der Waals surface area contributed by atoms with Crippen molar-refractivity contribution in [2.24, 2.45) is 5.92 Å². The Kier molecular flexibility index (Phi) is 2.90. The van der Waals surface area contributed by atoms with E-state index in [9.17, 15) is 4.79 Å². The number of allylic oxidation sites excluding steroid dienone is 1. The molecule has 0 saturated heterocycles. The molecule has 2 nitrogen and oxygen atoms in total. The van der Waals surface area contributed by atoms with Crippen LogP contribution in [0.4, 0.5) is 0 Å². The average Bonchev–Trinajstić information content (AvgIpc) is 2.63. The Hall–Kier alpha value is -0.790. The quantitative estimate of drug-likeness (QED) is 0.477. The molecule has 0 heterocycles. The number of rotatable bonds is 3. The van der Waals surface area contributed by atoms with Crippen molar-refractivity contribution in [2.45, 2.75) is 39.7 Å². The molecule has 2 heteroatoms. The minimum absolute atomic E-state index is 0.0132. The minimum Gasteiger partial charge on any atom is -0.460 e. The minimum atomic E-state index is -0.200. The lowest BCUT2D eigenvalue weighted by Gasteiger charge is -2.05. The predicted molar refractivity (Wildman–Crippen MR) is 47.7 cm³/mol. The molecule has 12 heavy (non-hydrogen) atoms. The first-order chi connectivity index (χ1) is 5.59. The lowest BCUT2D eigenvalue weighted by molar-refractivity contribution is -0.141. The highest BCUT2D eigenvalue weighted by molar-refractivity contribution is 5.83. The molecule has 0 aromatic rings. The van der Waals surface area contributed by atoms with Gasteiger partial charge >= 0.3 is 5.97 Å². The van der Waals surface area contributed by atoms with E-state index in [-0.39, 0.29) is 12.1 Å². The van der Waals surface area contributed by atoms with Gasteiger partial charge in [0.2, 0.25) is 0 Å². The molecule has 1 rings (SSSR count). The highest BCUT2D eigenvalue weighted by Gasteiger charge is 2.23. The summed E-state index contributed by atoms with van der Waals surface area (Å²) < 4.78 is 4.98. The Labute approximate surface area is 73.6 Å². The van der Waals surface area contributed by atoms with Crippen molar-refractivity contribution in [3.8, 4) is 0 Å². The molecule has 0 atom stereocenters. The first-order valence-corrected chi connectivity index (χ1v) is 4.48. The molecule has 0 unspecified atom stereocenters. The molecule has 1 fully saturated rings. The summed E-state index contributed by atoms with van der Waals surface area (Å²) in [5.41, 5.74) is 1.17. The maximum Gasteiger partial charge on any atom is 0.330 e. The molecule has 0 spiro atoms. The summed E-state index contributed by atoms with van der Waals surface area (Å²) in [6, 6.07) is 0. The Morgan fingerprint density at radius 1 is 1.50 bits per heavy atom. The molecule has 0 radical (unpaired) electrons. The smallest absolute Gasteiger partial charge is 0.330 e. The van der Waals surface area contributed by atoms with E-state index in [4.69, 9.17) is 4.74 Å². The highest BCUT2D eigenvalue weighted by atomic mass is 16.5. The van der Waals surface area contributed by atoms with Crippen molar-refractivity contribution in [3.63, 3.8) is 0 Å². The van der Waals surface area contributed by atoms with Crippen LogP contribution in [-0.4, -0.2) is 12.1 Å². The second-order valence-corrected chi connectivity index (χ2v) is 3.65. The van der Waals surface area contributed by atoms with Crippen LogP contribution in [0.25, 0.3) is 0 Å². The maximum atomic E-state index is 11.1. The number of carbonyl (C=O) groups excluding carboxylic acids is 1. The second-order valence-electron chi connectivity index (χ2n) is 3.65. The van der Waals surface area contributed by atoms with Crippen LogP contribution in [-0.2, 0) is 9.53 Å². The Bertz CT molecular complexity index is 200. The van der Waals surface area contributed by atoms with Crippen LogP contribution >= 0.6 is 0 Å². The van der Waals surface area contributed by atoms with Gasteiger partial charge in [-0.25, -0.2) is 4.79 Å². The fourth-order valence-corrected chi connectivity index (χ4v) is 1.11. The van der Waals surface area contributed by atoms with Crippen molar-refractivity contribution in [1.29, 1.82) is 0 Å². The zero-order valence-electron chi connectivity index (χ0n) is 7.96. The largest absolute Gasteiger partial charge is 0.460 e. The van der Waals surface area contributed by atoms with Crippen molar-refractivity contribution < 1.29 is 9.53 Å². The van der Waals surface area contributed by atoms with E-state index in [1.165, 1.54) is 18.4 Å². The molecule has 1 saturated carbocycles. The molecule has 1 aliphatic carbocycles. The molecular weight excluding hydrogens is 152 g/mol. The summed E-state index contributed by atoms with van der Waals surface area (Å²) in [5.74, 6) is 0.458. The summed E-state index contributed by atoms with van der Waals surface area (Å²) in [6.07, 6.45) is 4.08. The number of hydrogen-bond acceptors (Lipinski definition) is 2. The molecular formula is C10H16O2. The van der Waals surface area contributed by atoms with E-state index in [0.29, 0.717) is 5.92 Å². The first-order valence-electron chi connectivity index (χ1n) is 4.48. The van der Waals surface area contributed by atoms with Gasteiger partial charge in [0.1, 0.15) is 0 Å². The topological polar surface area (TPSA) is 26.3 Å². The number of esters is 1. The molecule has 1 aliphatic rings. The van der Waals surface area contributed by atoms with Gasteiger partial charge in [-0.3, -0.25) is 0 Å². The number of carbonyl (C=O) groups is 1. The lowest BCUT2D eigenvalue weighted by atomic mass is 10.2. The number of hydrogen-bond donors (Lipinski definition) is 0. The van der Waals surface area contributed by atoms with Crippen LogP contribution in [0.15, 0.2) is 11.6 Å². The van der Waals surface area contributed by atoms with Gasteiger partial charge in [0.15, 0.2) is 0 Å². The van der Waals surface area contributed by atoms with Gasteiger partial charge < -0.3 is 4.74 Å². The van der Waals surface area contributed by atoms with Crippen LogP contribution in [0.2, 0.25) is 0 Å². The van der Waals surface area contributed by atoms with Gasteiger partial charge in [0.25, 0.3) is 0 Å². The molecule has 0 aromatic carbocycles. The third-order valence-electron chi connectivity index (χ3n) is 1.92. The van der Waals surface area contributed by atoms with Crippen molar-refractivity contribution in [2.75, 3.05) is 0 Å². The Morgan fingerprint density at radius 3 is 2.50 bits per heavy atom. The summed E-state index contributed by atoms with van der Waals surface area (Å²) >= 11 is 0. The lowest BCUT2D eigenvalue weighted by Crippen LogP contribution is -2.09. The van der Waals surface area contributed by atoms with Crippen molar-refractivity contribution in [3.05, 3.63) is 11.6 Å². The van der Waals surface area contributed by atoms with E-state index < -0.39 is 0 Å². The molecule has 0 aromatic heterocycles. The first kappa shape index (κ1) is 9.30. The zero-order valence-corrected chi connectivity index (χ0v) is 7.96. The summed E-state index contributed by atoms with van der Waals surface area (Å²) in [7, 11) is 0. The molecule has 0 N–H and O–H groups in total. The van der Waals surface area contributed by atoms with E-state index in [1.54, 1.807) is 6.08 Å². The molecule has 0 amide bonds. The van der Waals surface area contributed by atoms with Gasteiger partial charge in [-0.05, 0) is 39.5 Å². The summed E-state index contributed by atoms with van der Waals surface area (Å²) in [4.78, 5) is 11.1. The Morgan fingerprint density at radius 2 is 2.08 bits per heavy atom. The summed E-state index contributed by atoms with van der Waals surface area (Å²) in [6.45, 7) is 5.72. The van der Waals surface area contributed by atoms with Crippen LogP contribution in [0, 0.1) is 5.92 Å². The average molecular weight is 168 g/mol. The second kappa shape index (κ2) is 3.74. The SMILES string of the molecule is C/C(=C/C(=O)OC(C)C)C1CC1. The van der Waals surface area contributed by atoms with Gasteiger partial charge in [0.05, 0.1) is 6.10 Å². The van der Waals surface area contributed by atoms with E-state index >= 15 is 0 Å². The fraction of sp³-hybridized carbons (Fsp3) is 0.700. The van der Waals surface area contributed by atoms with Crippen molar-refractivity contribution >= 4 is 5.97 Å². The monoisotopic (exact) mass is 168 g/mol. The molecule has 68 valence electrons. The normalized spacial score (nSPS) is 18.2. The zero-order chi connectivity index (χ0) is 9.14. The van der Waals surface area contributed by atoms with Crippen molar-refractivity contribution in [1.82, 2.24) is 0 Å². The van der Waals surface area contributed by atoms with E-state index in [2.05, 4.69) is 0 Å². The molecule has 0 bridgehead atoms. The predicted octanol–water partition coefficient (Wildman–Crippen LogP) is 2.29. The van der Waals surface area contributed by atoms with Gasteiger partial charge in [0, 0.05) is 6.08 Å². The highest BCUT2D eigenvalue weighted by Crippen LogP contribution is 2.35. The Balaban J connectivity index is 2.37. The third-order valence-corrected chi connectivity index (χ3v) is 1.92. The van der Waals surface area contributed by atoms with Crippen LogP contribution in [0.1, 0.15) is 33.6 Å². The maximum absolute atomic E-state index is 11.1. The van der Waals surface area contributed by atoms with Gasteiger partial charge in [-0.1, -0.05) is 5.57 Å². The fourth-order valence-electron chi connectivity index (χ4n) is 1.11. The van der Waals surface area contributed by atoms with Gasteiger partial charge in [-0.15, -0.1) is 0 Å². The standard InChI is InChI=1S/C10H16O2/c1-7(2)12-10(11)6-8(3)9-4-5-9/h6-7,9H,4-5H2,1-3H3/b8-6-. The summed E-state index contributed by atoms with van der Waals surface area (Å²) in [5, 5.41) is 0. The van der Waals surface area contributed by atoms with Crippen LogP contribution in [0.3, 0.4) is 0 Å². The van der Waals surface area contributed by atoms with E-state index in [1.807, 2.05) is 20.8 Å². The van der Waals surface area contributed by atoms with E-state index in [0.717, 1.165) is 0 Å². The molecule has 0 aliphatic heterocycles. The van der Waals surface area contributed by atoms with Gasteiger partial charge in [-0.2, -0.15) is 0 Å². The van der Waals surface area contributed by atoms with Crippen LogP contribution in [0.5, 0.6) is 0 Å². The number of ether oxygens (including phenoxy) is 1. The van der Waals surface area contributed by atoms with Crippen LogP contribution < -0.4 is 0 Å².